The third kappa shape index (κ3) is 4.98. The molecule has 2 aliphatic carbocycles. The zero-order valence-electron chi connectivity index (χ0n) is 27.6. The number of nitriles is 1. The lowest BCUT2D eigenvalue weighted by molar-refractivity contribution is 0.0471. The first-order chi connectivity index (χ1) is 23.9. The Balaban J connectivity index is 1.10. The van der Waals surface area contributed by atoms with Gasteiger partial charge in [0.2, 0.25) is 0 Å². The minimum absolute atomic E-state index is 0.0160. The molecule has 49 heavy (non-hydrogen) atoms. The van der Waals surface area contributed by atoms with Crippen LogP contribution in [0.3, 0.4) is 0 Å². The number of aromatic nitrogens is 3. The lowest BCUT2D eigenvalue weighted by Gasteiger charge is -2.40. The smallest absolute Gasteiger partial charge is 0.254 e. The van der Waals surface area contributed by atoms with Gasteiger partial charge in [-0.25, -0.2) is 4.98 Å². The van der Waals surface area contributed by atoms with Crippen LogP contribution in [0.1, 0.15) is 52.0 Å². The van der Waals surface area contributed by atoms with E-state index in [0.717, 1.165) is 41.9 Å². The van der Waals surface area contributed by atoms with Gasteiger partial charge in [-0.2, -0.15) is 5.26 Å². The Morgan fingerprint density at radius 1 is 0.898 bits per heavy atom. The van der Waals surface area contributed by atoms with Crippen LogP contribution in [0.5, 0.6) is 5.75 Å². The minimum Gasteiger partial charge on any atom is -0.494 e. The second-order valence-corrected chi connectivity index (χ2v) is 14.4. The maximum Gasteiger partial charge on any atom is 0.254 e. The van der Waals surface area contributed by atoms with Gasteiger partial charge in [0, 0.05) is 72.8 Å². The number of para-hydroxylation sites is 1. The fourth-order valence-electron chi connectivity index (χ4n) is 8.46. The second kappa shape index (κ2) is 11.5. The SMILES string of the molecule is COc1cc(C(=O)N2C[C@H]3CC[C@@H]2[C@@H]3N)cc2nc(-c3cc4ccccc4n3CC3CC3)n(CC3CN(C(=O)c4ccc(C#N)cc4)C3)c12. The maximum atomic E-state index is 14.0. The van der Waals surface area contributed by atoms with E-state index in [0.29, 0.717) is 60.5 Å². The molecule has 2 bridgehead atoms. The van der Waals surface area contributed by atoms with Gasteiger partial charge >= 0.3 is 0 Å². The van der Waals surface area contributed by atoms with Crippen LogP contribution in [0.25, 0.3) is 33.5 Å². The summed E-state index contributed by atoms with van der Waals surface area (Å²) in [6, 6.07) is 23.6. The third-order valence-corrected chi connectivity index (χ3v) is 11.3. The molecule has 0 radical (unpaired) electrons. The number of hydrogen-bond donors (Lipinski definition) is 1. The quantitative estimate of drug-likeness (QED) is 0.243. The first-order valence-corrected chi connectivity index (χ1v) is 17.4. The van der Waals surface area contributed by atoms with Gasteiger partial charge < -0.3 is 29.4 Å². The molecule has 2 aromatic heterocycles. The summed E-state index contributed by atoms with van der Waals surface area (Å²) in [5.41, 5.74) is 12.0. The second-order valence-electron chi connectivity index (χ2n) is 14.4. The monoisotopic (exact) mass is 653 g/mol. The van der Waals surface area contributed by atoms with Gasteiger partial charge in [-0.3, -0.25) is 9.59 Å². The highest BCUT2D eigenvalue weighted by Gasteiger charge is 2.47. The van der Waals surface area contributed by atoms with E-state index >= 15 is 0 Å². The van der Waals surface area contributed by atoms with Crippen molar-refractivity contribution in [2.75, 3.05) is 26.7 Å². The molecule has 2 saturated heterocycles. The van der Waals surface area contributed by atoms with Crippen molar-refractivity contribution < 1.29 is 14.3 Å². The Kier molecular flexibility index (Phi) is 7.02. The van der Waals surface area contributed by atoms with Crippen molar-refractivity contribution in [3.8, 4) is 23.3 Å². The van der Waals surface area contributed by atoms with Crippen LogP contribution in [0.4, 0.5) is 0 Å². The Labute approximate surface area is 284 Å². The Morgan fingerprint density at radius 2 is 1.67 bits per heavy atom. The molecular weight excluding hydrogens is 614 g/mol. The molecule has 3 atom stereocenters. The zero-order valence-corrected chi connectivity index (χ0v) is 27.6. The van der Waals surface area contributed by atoms with Crippen molar-refractivity contribution in [1.82, 2.24) is 23.9 Å². The highest BCUT2D eigenvalue weighted by Crippen LogP contribution is 2.41. The molecule has 3 aromatic carbocycles. The van der Waals surface area contributed by atoms with Crippen molar-refractivity contribution in [3.63, 3.8) is 0 Å². The van der Waals surface area contributed by atoms with Crippen LogP contribution in [-0.4, -0.2) is 74.6 Å². The third-order valence-electron chi connectivity index (χ3n) is 11.3. The number of fused-ring (bicyclic) bond motifs is 4. The van der Waals surface area contributed by atoms with E-state index in [1.807, 2.05) is 21.9 Å². The molecule has 2 amide bonds. The first-order valence-electron chi connectivity index (χ1n) is 17.4. The number of rotatable bonds is 8. The topological polar surface area (TPSA) is 122 Å². The summed E-state index contributed by atoms with van der Waals surface area (Å²) in [4.78, 5) is 36.3. The van der Waals surface area contributed by atoms with E-state index in [4.69, 9.17) is 20.7 Å². The number of nitrogens with two attached hydrogens (primary N) is 1. The van der Waals surface area contributed by atoms with Gasteiger partial charge in [0.1, 0.15) is 11.3 Å². The molecule has 10 heteroatoms. The number of benzene rings is 3. The van der Waals surface area contributed by atoms with Gasteiger partial charge in [-0.15, -0.1) is 0 Å². The predicted octanol–water partition coefficient (Wildman–Crippen LogP) is 5.28. The molecule has 2 N–H and O–H groups in total. The van der Waals surface area contributed by atoms with E-state index in [9.17, 15) is 9.59 Å². The van der Waals surface area contributed by atoms with Crippen molar-refractivity contribution >= 4 is 33.8 Å². The van der Waals surface area contributed by atoms with Crippen molar-refractivity contribution in [3.05, 3.63) is 83.4 Å². The lowest BCUT2D eigenvalue weighted by atomic mass is 9.98. The molecule has 2 aliphatic heterocycles. The number of imidazole rings is 1. The zero-order chi connectivity index (χ0) is 33.4. The van der Waals surface area contributed by atoms with Crippen LogP contribution >= 0.6 is 0 Å². The van der Waals surface area contributed by atoms with Crippen molar-refractivity contribution in [2.45, 2.75) is 50.9 Å². The number of carbonyl (C=O) groups is 2. The van der Waals surface area contributed by atoms with Crippen LogP contribution in [-0.2, 0) is 13.1 Å². The van der Waals surface area contributed by atoms with Crippen molar-refractivity contribution in [1.29, 1.82) is 5.26 Å². The summed E-state index contributed by atoms with van der Waals surface area (Å²) in [5.74, 6) is 2.63. The van der Waals surface area contributed by atoms with Crippen LogP contribution < -0.4 is 10.5 Å². The first kappa shape index (κ1) is 30.0. The molecule has 4 aliphatic rings. The van der Waals surface area contributed by atoms with Gasteiger partial charge in [0.05, 0.1) is 30.0 Å². The number of nitrogens with zero attached hydrogens (tertiary/aromatic N) is 6. The average molecular weight is 654 g/mol. The number of methoxy groups -OCH3 is 1. The van der Waals surface area contributed by atoms with Crippen LogP contribution in [0, 0.1) is 29.1 Å². The van der Waals surface area contributed by atoms with Crippen molar-refractivity contribution in [2.24, 2.45) is 23.5 Å². The van der Waals surface area contributed by atoms with E-state index < -0.39 is 0 Å². The Morgan fingerprint density at radius 3 is 2.37 bits per heavy atom. The van der Waals surface area contributed by atoms with Gasteiger partial charge in [-0.1, -0.05) is 18.2 Å². The summed E-state index contributed by atoms with van der Waals surface area (Å²) < 4.78 is 10.7. The van der Waals surface area contributed by atoms with E-state index in [1.165, 1.54) is 23.7 Å². The number of piperidine rings is 1. The fourth-order valence-corrected chi connectivity index (χ4v) is 8.46. The van der Waals surface area contributed by atoms with E-state index in [-0.39, 0.29) is 29.8 Å². The fraction of sp³-hybridized carbons (Fsp3) is 0.385. The molecule has 248 valence electrons. The summed E-state index contributed by atoms with van der Waals surface area (Å²) in [6.45, 7) is 3.49. The molecular formula is C39H39N7O3. The van der Waals surface area contributed by atoms with Crippen LogP contribution in [0.2, 0.25) is 0 Å². The molecule has 0 unspecified atom stereocenters. The predicted molar refractivity (Wildman–Crippen MR) is 186 cm³/mol. The molecule has 10 nitrogen and oxygen atoms in total. The summed E-state index contributed by atoms with van der Waals surface area (Å²) in [7, 11) is 1.65. The summed E-state index contributed by atoms with van der Waals surface area (Å²) in [5, 5.41) is 10.3. The van der Waals surface area contributed by atoms with Crippen LogP contribution in [0.15, 0.2) is 66.7 Å². The molecule has 4 heterocycles. The Hall–Kier alpha value is -5.14. The largest absolute Gasteiger partial charge is 0.494 e. The van der Waals surface area contributed by atoms with E-state index in [2.05, 4.69) is 45.5 Å². The maximum absolute atomic E-state index is 14.0. The number of carbonyl (C=O) groups excluding carboxylic acids is 2. The lowest BCUT2D eigenvalue weighted by Crippen LogP contribution is -2.51. The summed E-state index contributed by atoms with van der Waals surface area (Å²) in [6.07, 6.45) is 4.50. The Bertz CT molecular complexity index is 2170. The number of ether oxygens (including phenoxy) is 1. The standard InChI is InChI=1S/C39H39N7O3/c1-49-34-16-29(39(48)45-22-28-12-13-32(45)35(28)41)14-30-36(34)46(21-25-18-43(19-25)38(47)26-10-8-23(17-40)9-11-26)37(42-30)33-15-27-4-2-3-5-31(27)44(33)20-24-6-7-24/h2-5,8-11,14-16,24-25,28,32,35H,6-7,12-13,18-22,41H2,1H3/t28-,32-,35-/m1/s1. The van der Waals surface area contributed by atoms with E-state index in [1.54, 1.807) is 31.4 Å². The molecule has 5 aromatic rings. The minimum atomic E-state index is -0.0305. The van der Waals surface area contributed by atoms with Gasteiger partial charge in [-0.05, 0) is 86.1 Å². The average Bonchev–Trinajstić information content (AvgIpc) is 3.47. The molecule has 2 saturated carbocycles. The number of amides is 2. The van der Waals surface area contributed by atoms with Gasteiger partial charge in [0.15, 0.2) is 5.82 Å². The summed E-state index contributed by atoms with van der Waals surface area (Å²) >= 11 is 0. The highest BCUT2D eigenvalue weighted by atomic mass is 16.5. The van der Waals surface area contributed by atoms with Gasteiger partial charge in [0.25, 0.3) is 11.8 Å². The number of likely N-dealkylation sites (tertiary alicyclic amines) is 2. The normalized spacial score (nSPS) is 21.8. The highest BCUT2D eigenvalue weighted by molar-refractivity contribution is 6.01. The molecule has 9 rings (SSSR count). The molecule has 4 fully saturated rings. The molecule has 0 spiro atoms. The number of hydrogen-bond acceptors (Lipinski definition) is 6.